The minimum atomic E-state index is -0.324. The lowest BCUT2D eigenvalue weighted by molar-refractivity contribution is 0.175. The van der Waals surface area contributed by atoms with Crippen LogP contribution in [0.15, 0.2) is 33.3 Å². The van der Waals surface area contributed by atoms with Crippen LogP contribution in [0.25, 0.3) is 11.4 Å². The van der Waals surface area contributed by atoms with Crippen molar-refractivity contribution in [1.29, 1.82) is 0 Å². The molecule has 3 aromatic rings. The van der Waals surface area contributed by atoms with Crippen molar-refractivity contribution >= 4 is 12.4 Å². The van der Waals surface area contributed by atoms with Crippen LogP contribution in [0.3, 0.4) is 0 Å². The molecule has 1 aliphatic rings. The molecule has 0 amide bonds. The average Bonchev–Trinajstić information content (AvgIpc) is 3.31. The zero-order chi connectivity index (χ0) is 17.9. The predicted octanol–water partition coefficient (Wildman–Crippen LogP) is 2.52. The van der Waals surface area contributed by atoms with E-state index in [1.807, 2.05) is 0 Å². The van der Waals surface area contributed by atoms with E-state index in [2.05, 4.69) is 25.2 Å². The Balaban J connectivity index is 0.00000210. The van der Waals surface area contributed by atoms with Crippen LogP contribution < -0.4 is 5.73 Å². The molecule has 8 nitrogen and oxygen atoms in total. The number of halogens is 2. The van der Waals surface area contributed by atoms with Gasteiger partial charge >= 0.3 is 0 Å². The number of likely N-dealkylation sites (tertiary alicyclic amines) is 1. The van der Waals surface area contributed by atoms with Crippen LogP contribution in [0.4, 0.5) is 4.39 Å². The zero-order valence-corrected chi connectivity index (χ0v) is 15.4. The molecule has 27 heavy (non-hydrogen) atoms. The van der Waals surface area contributed by atoms with Gasteiger partial charge in [-0.2, -0.15) is 9.97 Å². The van der Waals surface area contributed by atoms with E-state index in [-0.39, 0.29) is 30.7 Å². The van der Waals surface area contributed by atoms with Crippen LogP contribution in [-0.2, 0) is 13.1 Å². The first kappa shape index (κ1) is 19.4. The Bertz CT molecular complexity index is 886. The van der Waals surface area contributed by atoms with E-state index in [0.29, 0.717) is 35.5 Å². The monoisotopic (exact) mass is 394 g/mol. The van der Waals surface area contributed by atoms with Gasteiger partial charge in [0.2, 0.25) is 17.6 Å². The molecule has 3 heterocycles. The van der Waals surface area contributed by atoms with Gasteiger partial charge in [0.25, 0.3) is 0 Å². The third-order valence-electron chi connectivity index (χ3n) is 4.43. The summed E-state index contributed by atoms with van der Waals surface area (Å²) in [6.45, 7) is 2.52. The average molecular weight is 395 g/mol. The van der Waals surface area contributed by atoms with Gasteiger partial charge in [0, 0.05) is 12.1 Å². The van der Waals surface area contributed by atoms with Crippen LogP contribution in [0.1, 0.15) is 36.4 Å². The molecule has 2 aromatic heterocycles. The number of aromatic nitrogens is 4. The number of piperidine rings is 1. The minimum absolute atomic E-state index is 0. The van der Waals surface area contributed by atoms with Gasteiger partial charge in [-0.25, -0.2) is 4.39 Å². The maximum atomic E-state index is 13.4. The Hall–Kier alpha value is -2.36. The predicted molar refractivity (Wildman–Crippen MR) is 96.4 cm³/mol. The van der Waals surface area contributed by atoms with Crippen LogP contribution in [0.5, 0.6) is 0 Å². The van der Waals surface area contributed by atoms with Crippen molar-refractivity contribution in [3.05, 3.63) is 47.7 Å². The van der Waals surface area contributed by atoms with Crippen molar-refractivity contribution in [3.8, 4) is 11.4 Å². The third kappa shape index (κ3) is 4.49. The van der Waals surface area contributed by atoms with E-state index in [9.17, 15) is 4.39 Å². The molecule has 1 aromatic carbocycles. The first-order valence-electron chi connectivity index (χ1n) is 8.54. The van der Waals surface area contributed by atoms with Crippen molar-refractivity contribution in [2.24, 2.45) is 5.73 Å². The van der Waals surface area contributed by atoms with Crippen molar-refractivity contribution in [2.45, 2.75) is 31.8 Å². The molecule has 2 N–H and O–H groups in total. The van der Waals surface area contributed by atoms with Gasteiger partial charge in [0.15, 0.2) is 5.82 Å². The molecule has 1 saturated heterocycles. The largest absolute Gasteiger partial charge is 0.339 e. The summed E-state index contributed by atoms with van der Waals surface area (Å²) in [6, 6.07) is 6.17. The zero-order valence-electron chi connectivity index (χ0n) is 14.5. The quantitative estimate of drug-likeness (QED) is 0.703. The van der Waals surface area contributed by atoms with E-state index < -0.39 is 0 Å². The molecule has 1 unspecified atom stereocenters. The van der Waals surface area contributed by atoms with Gasteiger partial charge in [0.05, 0.1) is 19.0 Å². The molecule has 10 heteroatoms. The summed E-state index contributed by atoms with van der Waals surface area (Å²) in [7, 11) is 0. The fraction of sp³-hybridized carbons (Fsp3) is 0.412. The molecular weight excluding hydrogens is 375 g/mol. The van der Waals surface area contributed by atoms with Crippen molar-refractivity contribution < 1.29 is 13.4 Å². The maximum Gasteiger partial charge on any atom is 0.240 e. The number of rotatable bonds is 5. The van der Waals surface area contributed by atoms with Gasteiger partial charge in [-0.05, 0) is 31.5 Å². The van der Waals surface area contributed by atoms with Gasteiger partial charge in [-0.15, -0.1) is 12.4 Å². The Kier molecular flexibility index (Phi) is 6.15. The highest BCUT2D eigenvalue weighted by Crippen LogP contribution is 2.28. The van der Waals surface area contributed by atoms with Crippen molar-refractivity contribution in [3.63, 3.8) is 0 Å². The van der Waals surface area contributed by atoms with Gasteiger partial charge in [-0.3, -0.25) is 4.90 Å². The lowest BCUT2D eigenvalue weighted by Gasteiger charge is -2.29. The molecule has 1 aliphatic heterocycles. The van der Waals surface area contributed by atoms with E-state index in [1.165, 1.54) is 12.1 Å². The Morgan fingerprint density at radius 2 is 2.11 bits per heavy atom. The molecule has 1 fully saturated rings. The Morgan fingerprint density at radius 3 is 2.89 bits per heavy atom. The normalized spacial score (nSPS) is 17.6. The lowest BCUT2D eigenvalue weighted by atomic mass is 9.98. The van der Waals surface area contributed by atoms with Crippen LogP contribution in [0.2, 0.25) is 0 Å². The van der Waals surface area contributed by atoms with E-state index in [1.54, 1.807) is 12.1 Å². The fourth-order valence-corrected chi connectivity index (χ4v) is 3.18. The molecule has 144 valence electrons. The Labute approximate surface area is 161 Å². The highest BCUT2D eigenvalue weighted by molar-refractivity contribution is 5.85. The van der Waals surface area contributed by atoms with Crippen LogP contribution in [-0.4, -0.2) is 38.3 Å². The van der Waals surface area contributed by atoms with E-state index in [0.717, 1.165) is 25.9 Å². The summed E-state index contributed by atoms with van der Waals surface area (Å²) in [5.41, 5.74) is 6.10. The first-order valence-corrected chi connectivity index (χ1v) is 8.54. The smallest absolute Gasteiger partial charge is 0.240 e. The van der Waals surface area contributed by atoms with Crippen LogP contribution >= 0.6 is 12.4 Å². The van der Waals surface area contributed by atoms with E-state index in [4.69, 9.17) is 14.8 Å². The summed E-state index contributed by atoms with van der Waals surface area (Å²) in [5, 5.41) is 7.94. The van der Waals surface area contributed by atoms with Gasteiger partial charge in [0.1, 0.15) is 5.82 Å². The number of hydrogen-bond donors (Lipinski definition) is 1. The number of nitrogens with zero attached hydrogens (tertiary/aromatic N) is 5. The molecule has 0 spiro atoms. The molecule has 4 rings (SSSR count). The maximum absolute atomic E-state index is 13.4. The summed E-state index contributed by atoms with van der Waals surface area (Å²) in [5.74, 6) is 1.84. The number of hydrogen-bond acceptors (Lipinski definition) is 8. The number of benzene rings is 1. The molecule has 0 bridgehead atoms. The summed E-state index contributed by atoms with van der Waals surface area (Å²) in [6.07, 6.45) is 1.96. The van der Waals surface area contributed by atoms with Gasteiger partial charge < -0.3 is 14.8 Å². The second-order valence-corrected chi connectivity index (χ2v) is 6.35. The minimum Gasteiger partial charge on any atom is -0.339 e. The van der Waals surface area contributed by atoms with Crippen molar-refractivity contribution in [1.82, 2.24) is 25.2 Å². The third-order valence-corrected chi connectivity index (χ3v) is 4.43. The Morgan fingerprint density at radius 1 is 1.22 bits per heavy atom. The second kappa shape index (κ2) is 8.55. The molecule has 0 radical (unpaired) electrons. The fourth-order valence-electron chi connectivity index (χ4n) is 3.18. The topological polar surface area (TPSA) is 107 Å². The lowest BCUT2D eigenvalue weighted by Crippen LogP contribution is -2.34. The summed E-state index contributed by atoms with van der Waals surface area (Å²) >= 11 is 0. The number of nitrogens with two attached hydrogens (primary N) is 1. The first-order chi connectivity index (χ1) is 12.7. The SMILES string of the molecule is Cl.NCc1nc(CN2CCCC(c3nc(-c4cccc(F)c4)no3)C2)no1. The molecule has 1 atom stereocenters. The summed E-state index contributed by atoms with van der Waals surface area (Å²) < 4.78 is 23.9. The van der Waals surface area contributed by atoms with E-state index >= 15 is 0 Å². The standard InChI is InChI=1S/C17H19FN6O2.ClH/c18-13-5-1-3-11(7-13)16-21-17(26-23-16)12-4-2-6-24(9-12)10-14-20-15(8-19)25-22-14;/h1,3,5,7,12H,2,4,6,8-10,19H2;1H. The molecule has 0 saturated carbocycles. The summed E-state index contributed by atoms with van der Waals surface area (Å²) in [4.78, 5) is 10.9. The highest BCUT2D eigenvalue weighted by atomic mass is 35.5. The van der Waals surface area contributed by atoms with Gasteiger partial charge in [-0.1, -0.05) is 22.4 Å². The molecule has 0 aliphatic carbocycles. The molecular formula is C17H20ClFN6O2. The highest BCUT2D eigenvalue weighted by Gasteiger charge is 2.27. The van der Waals surface area contributed by atoms with Crippen LogP contribution in [0, 0.1) is 5.82 Å². The second-order valence-electron chi connectivity index (χ2n) is 6.35. The van der Waals surface area contributed by atoms with Crippen molar-refractivity contribution in [2.75, 3.05) is 13.1 Å².